The van der Waals surface area contributed by atoms with E-state index in [4.69, 9.17) is 9.47 Å². The zero-order valence-electron chi connectivity index (χ0n) is 13.1. The maximum absolute atomic E-state index is 11.9. The Labute approximate surface area is 135 Å². The molecule has 0 radical (unpaired) electrons. The highest BCUT2D eigenvalue weighted by Crippen LogP contribution is 2.31. The summed E-state index contributed by atoms with van der Waals surface area (Å²) in [5.74, 6) is 1.11. The molecule has 2 rings (SSSR count). The van der Waals surface area contributed by atoms with Gasteiger partial charge in [0.15, 0.2) is 0 Å². The number of aromatic nitrogens is 1. The lowest BCUT2D eigenvalue weighted by atomic mass is 10.2. The first kappa shape index (κ1) is 16.4. The van der Waals surface area contributed by atoms with Crippen molar-refractivity contribution < 1.29 is 14.3 Å². The second-order valence-corrected chi connectivity index (χ2v) is 4.62. The number of hydrogen-bond acceptors (Lipinski definition) is 5. The van der Waals surface area contributed by atoms with Crippen LogP contribution >= 0.6 is 0 Å². The van der Waals surface area contributed by atoms with Crippen molar-refractivity contribution in [2.45, 2.75) is 0 Å². The van der Waals surface area contributed by atoms with Gasteiger partial charge in [-0.05, 0) is 24.3 Å². The third-order valence-electron chi connectivity index (χ3n) is 3.09. The summed E-state index contributed by atoms with van der Waals surface area (Å²) in [7, 11) is 3.19. The summed E-state index contributed by atoms with van der Waals surface area (Å²) in [6.45, 7) is 3.95. The molecule has 0 unspecified atom stereocenters. The summed E-state index contributed by atoms with van der Waals surface area (Å²) in [6.07, 6.45) is 3.18. The Morgan fingerprint density at radius 1 is 1.26 bits per heavy atom. The Morgan fingerprint density at radius 2 is 2.09 bits per heavy atom. The van der Waals surface area contributed by atoms with Crippen LogP contribution in [0.1, 0.15) is 10.5 Å². The highest BCUT2D eigenvalue weighted by molar-refractivity contribution is 5.93. The van der Waals surface area contributed by atoms with Crippen LogP contribution < -0.4 is 20.1 Å². The average molecular weight is 313 g/mol. The van der Waals surface area contributed by atoms with Crippen LogP contribution in [-0.2, 0) is 0 Å². The largest absolute Gasteiger partial charge is 0.497 e. The van der Waals surface area contributed by atoms with Gasteiger partial charge < -0.3 is 20.1 Å². The molecule has 0 atom stereocenters. The number of carbonyl (C=O) groups excluding carboxylic acids is 1. The number of anilines is 2. The SMILES string of the molecule is C=CCNC(=O)c1cc(Nc2cc(OC)ccc2OC)ccn1. The van der Waals surface area contributed by atoms with E-state index in [0.717, 1.165) is 11.4 Å². The second-order valence-electron chi connectivity index (χ2n) is 4.62. The lowest BCUT2D eigenvalue weighted by Gasteiger charge is -2.13. The summed E-state index contributed by atoms with van der Waals surface area (Å²) in [5, 5.41) is 5.89. The van der Waals surface area contributed by atoms with Crippen LogP contribution in [0.3, 0.4) is 0 Å². The van der Waals surface area contributed by atoms with E-state index in [-0.39, 0.29) is 5.91 Å². The maximum atomic E-state index is 11.9. The van der Waals surface area contributed by atoms with E-state index in [1.54, 1.807) is 44.7 Å². The number of hydrogen-bond donors (Lipinski definition) is 2. The van der Waals surface area contributed by atoms with E-state index in [9.17, 15) is 4.79 Å². The van der Waals surface area contributed by atoms with E-state index >= 15 is 0 Å². The molecule has 2 aromatic rings. The minimum atomic E-state index is -0.258. The standard InChI is InChI=1S/C17H19N3O3/c1-4-8-19-17(21)15-10-12(7-9-18-15)20-14-11-13(22-2)5-6-16(14)23-3/h4-7,9-11H,1,8H2,2-3H3,(H,18,20)(H,19,21). The van der Waals surface area contributed by atoms with Crippen LogP contribution in [0.25, 0.3) is 0 Å². The van der Waals surface area contributed by atoms with Crippen molar-refractivity contribution in [3.05, 3.63) is 54.9 Å². The molecule has 0 aliphatic rings. The Morgan fingerprint density at radius 3 is 2.78 bits per heavy atom. The molecule has 0 fully saturated rings. The first-order valence-electron chi connectivity index (χ1n) is 7.02. The van der Waals surface area contributed by atoms with Crippen molar-refractivity contribution in [2.75, 3.05) is 26.1 Å². The molecule has 0 saturated carbocycles. The summed E-state index contributed by atoms with van der Waals surface area (Å²) in [4.78, 5) is 16.0. The zero-order valence-corrected chi connectivity index (χ0v) is 13.1. The molecular formula is C17H19N3O3. The average Bonchev–Trinajstić information content (AvgIpc) is 2.59. The number of pyridine rings is 1. The number of rotatable bonds is 7. The molecule has 23 heavy (non-hydrogen) atoms. The number of nitrogens with zero attached hydrogens (tertiary/aromatic N) is 1. The quantitative estimate of drug-likeness (QED) is 0.769. The van der Waals surface area contributed by atoms with E-state index in [1.165, 1.54) is 0 Å². The molecule has 120 valence electrons. The van der Waals surface area contributed by atoms with E-state index in [1.807, 2.05) is 12.1 Å². The lowest BCUT2D eigenvalue weighted by Crippen LogP contribution is -2.24. The van der Waals surface area contributed by atoms with Gasteiger partial charge >= 0.3 is 0 Å². The van der Waals surface area contributed by atoms with E-state index < -0.39 is 0 Å². The molecule has 0 spiro atoms. The molecule has 6 heteroatoms. The fourth-order valence-electron chi connectivity index (χ4n) is 1.96. The Kier molecular flexibility index (Phi) is 5.57. The van der Waals surface area contributed by atoms with Crippen molar-refractivity contribution >= 4 is 17.3 Å². The molecule has 0 aliphatic carbocycles. The molecule has 6 nitrogen and oxygen atoms in total. The topological polar surface area (TPSA) is 72.5 Å². The third kappa shape index (κ3) is 4.23. The number of benzene rings is 1. The van der Waals surface area contributed by atoms with Gasteiger partial charge in [-0.3, -0.25) is 9.78 Å². The molecule has 0 aliphatic heterocycles. The van der Waals surface area contributed by atoms with Crippen molar-refractivity contribution in [3.63, 3.8) is 0 Å². The van der Waals surface area contributed by atoms with Crippen molar-refractivity contribution in [3.8, 4) is 11.5 Å². The third-order valence-corrected chi connectivity index (χ3v) is 3.09. The molecule has 1 heterocycles. The van der Waals surface area contributed by atoms with Gasteiger partial charge in [-0.2, -0.15) is 0 Å². The van der Waals surface area contributed by atoms with Crippen molar-refractivity contribution in [1.82, 2.24) is 10.3 Å². The number of carbonyl (C=O) groups is 1. The maximum Gasteiger partial charge on any atom is 0.270 e. The van der Waals surface area contributed by atoms with E-state index in [0.29, 0.717) is 23.7 Å². The van der Waals surface area contributed by atoms with E-state index in [2.05, 4.69) is 22.2 Å². The highest BCUT2D eigenvalue weighted by Gasteiger charge is 2.09. The first-order valence-corrected chi connectivity index (χ1v) is 7.02. The summed E-state index contributed by atoms with van der Waals surface area (Å²) < 4.78 is 10.5. The predicted octanol–water partition coefficient (Wildman–Crippen LogP) is 2.76. The second kappa shape index (κ2) is 7.84. The van der Waals surface area contributed by atoms with Gasteiger partial charge in [0.1, 0.15) is 17.2 Å². The molecule has 1 amide bonds. The van der Waals surface area contributed by atoms with Crippen LogP contribution in [0.2, 0.25) is 0 Å². The molecule has 0 saturated heterocycles. The molecule has 1 aromatic heterocycles. The Balaban J connectivity index is 2.23. The van der Waals surface area contributed by atoms with Gasteiger partial charge in [-0.25, -0.2) is 0 Å². The monoisotopic (exact) mass is 313 g/mol. The fraction of sp³-hybridized carbons (Fsp3) is 0.176. The molecular weight excluding hydrogens is 294 g/mol. The van der Waals surface area contributed by atoms with Crippen molar-refractivity contribution in [2.24, 2.45) is 0 Å². The Hall–Kier alpha value is -3.02. The van der Waals surface area contributed by atoms with Gasteiger partial charge in [0.05, 0.1) is 19.9 Å². The first-order chi connectivity index (χ1) is 11.2. The molecule has 0 bridgehead atoms. The molecule has 1 aromatic carbocycles. The van der Waals surface area contributed by atoms with Crippen LogP contribution in [0.4, 0.5) is 11.4 Å². The van der Waals surface area contributed by atoms with Gasteiger partial charge in [0.25, 0.3) is 5.91 Å². The summed E-state index contributed by atoms with van der Waals surface area (Å²) in [5.41, 5.74) is 1.77. The summed E-state index contributed by atoms with van der Waals surface area (Å²) in [6, 6.07) is 8.86. The van der Waals surface area contributed by atoms with Gasteiger partial charge in [0, 0.05) is 24.5 Å². The van der Waals surface area contributed by atoms with Gasteiger partial charge in [-0.1, -0.05) is 6.08 Å². The number of nitrogens with one attached hydrogen (secondary N) is 2. The summed E-state index contributed by atoms with van der Waals surface area (Å²) >= 11 is 0. The molecule has 2 N–H and O–H groups in total. The lowest BCUT2D eigenvalue weighted by molar-refractivity contribution is 0.0953. The minimum Gasteiger partial charge on any atom is -0.497 e. The van der Waals surface area contributed by atoms with Gasteiger partial charge in [0.2, 0.25) is 0 Å². The Bertz CT molecular complexity index is 701. The predicted molar refractivity (Wildman–Crippen MR) is 89.6 cm³/mol. The minimum absolute atomic E-state index is 0.258. The number of ether oxygens (including phenoxy) is 2. The van der Waals surface area contributed by atoms with Crippen LogP contribution in [0, 0.1) is 0 Å². The number of methoxy groups -OCH3 is 2. The van der Waals surface area contributed by atoms with Crippen LogP contribution in [-0.4, -0.2) is 31.7 Å². The smallest absolute Gasteiger partial charge is 0.270 e. The van der Waals surface area contributed by atoms with Crippen LogP contribution in [0.5, 0.6) is 11.5 Å². The van der Waals surface area contributed by atoms with Crippen molar-refractivity contribution in [1.29, 1.82) is 0 Å². The normalized spacial score (nSPS) is 9.83. The zero-order chi connectivity index (χ0) is 16.7. The number of amides is 1. The van der Waals surface area contributed by atoms with Gasteiger partial charge in [-0.15, -0.1) is 6.58 Å². The highest BCUT2D eigenvalue weighted by atomic mass is 16.5. The fourth-order valence-corrected chi connectivity index (χ4v) is 1.96. The van der Waals surface area contributed by atoms with Crippen LogP contribution in [0.15, 0.2) is 49.2 Å².